The van der Waals surface area contributed by atoms with Gasteiger partial charge in [-0.1, -0.05) is 35.5 Å². The van der Waals surface area contributed by atoms with Crippen molar-refractivity contribution in [1.29, 1.82) is 0 Å². The number of ether oxygens (including phenoxy) is 1. The van der Waals surface area contributed by atoms with E-state index in [1.807, 2.05) is 44.4 Å². The normalized spacial score (nSPS) is 11.6. The Labute approximate surface area is 182 Å². The molecule has 0 aliphatic heterocycles. The number of aromatic nitrogens is 3. The lowest BCUT2D eigenvalue weighted by Crippen LogP contribution is -2.11. The first kappa shape index (κ1) is 22.4. The van der Waals surface area contributed by atoms with E-state index >= 15 is 0 Å². The van der Waals surface area contributed by atoms with Gasteiger partial charge in [-0.05, 0) is 63.1 Å². The van der Waals surface area contributed by atoms with Gasteiger partial charge >= 0.3 is 0 Å². The average molecular weight is 446 g/mol. The third-order valence-corrected chi connectivity index (χ3v) is 7.15. The Morgan fingerprint density at radius 2 is 1.63 bits per heavy atom. The van der Waals surface area contributed by atoms with Crippen molar-refractivity contribution in [2.45, 2.75) is 50.0 Å². The van der Waals surface area contributed by atoms with E-state index in [-0.39, 0.29) is 5.75 Å². The summed E-state index contributed by atoms with van der Waals surface area (Å²) in [4.78, 5) is 0.301. The van der Waals surface area contributed by atoms with Crippen molar-refractivity contribution in [2.24, 2.45) is 0 Å². The molecule has 0 fully saturated rings. The third kappa shape index (κ3) is 5.64. The molecule has 0 radical (unpaired) electrons. The largest absolute Gasteiger partial charge is 0.493 e. The number of benzene rings is 2. The van der Waals surface area contributed by atoms with Crippen LogP contribution in [0.5, 0.6) is 5.75 Å². The second-order valence-electron chi connectivity index (χ2n) is 7.24. The zero-order valence-corrected chi connectivity index (χ0v) is 19.4. The molecule has 30 heavy (non-hydrogen) atoms. The van der Waals surface area contributed by atoms with Gasteiger partial charge < -0.3 is 9.30 Å². The number of sulfone groups is 1. The predicted octanol–water partition coefficient (Wildman–Crippen LogP) is 4.37. The number of rotatable bonds is 9. The highest BCUT2D eigenvalue weighted by Crippen LogP contribution is 2.22. The van der Waals surface area contributed by atoms with Crippen LogP contribution in [0.25, 0.3) is 0 Å². The lowest BCUT2D eigenvalue weighted by molar-refractivity contribution is 0.343. The molecular formula is C22H27N3O3S2. The maximum atomic E-state index is 12.8. The van der Waals surface area contributed by atoms with Gasteiger partial charge in [0.25, 0.3) is 0 Å². The Bertz CT molecular complexity index is 1090. The number of hydrogen-bond acceptors (Lipinski definition) is 6. The summed E-state index contributed by atoms with van der Waals surface area (Å²) in [6.07, 6.45) is 0. The molecule has 3 aromatic rings. The van der Waals surface area contributed by atoms with Gasteiger partial charge in [-0.3, -0.25) is 0 Å². The lowest BCUT2D eigenvalue weighted by Gasteiger charge is -2.10. The number of nitrogens with zero attached hydrogens (tertiary/aromatic N) is 3. The smallest absolute Gasteiger partial charge is 0.191 e. The molecule has 1 heterocycles. The second kappa shape index (κ2) is 9.66. The Morgan fingerprint density at radius 3 is 2.27 bits per heavy atom. The average Bonchev–Trinajstić information content (AvgIpc) is 3.05. The topological polar surface area (TPSA) is 74.1 Å². The van der Waals surface area contributed by atoms with Crippen molar-refractivity contribution < 1.29 is 13.2 Å². The molecule has 1 aromatic heterocycles. The minimum Gasteiger partial charge on any atom is -0.493 e. The highest BCUT2D eigenvalue weighted by Gasteiger charge is 2.21. The molecule has 0 atom stereocenters. The van der Waals surface area contributed by atoms with Crippen LogP contribution in [0.4, 0.5) is 0 Å². The summed E-state index contributed by atoms with van der Waals surface area (Å²) in [5, 5.41) is 9.06. The van der Waals surface area contributed by atoms with Crippen molar-refractivity contribution in [3.8, 4) is 5.75 Å². The van der Waals surface area contributed by atoms with Gasteiger partial charge in [-0.25, -0.2) is 8.42 Å². The molecule has 3 rings (SSSR count). The van der Waals surface area contributed by atoms with Gasteiger partial charge in [0.2, 0.25) is 0 Å². The highest BCUT2D eigenvalue weighted by atomic mass is 32.2. The van der Waals surface area contributed by atoms with Crippen LogP contribution < -0.4 is 4.74 Å². The molecule has 0 amide bonds. The monoisotopic (exact) mass is 445 g/mol. The van der Waals surface area contributed by atoms with E-state index < -0.39 is 9.84 Å². The fourth-order valence-electron chi connectivity index (χ4n) is 3.16. The van der Waals surface area contributed by atoms with Crippen LogP contribution >= 0.6 is 11.8 Å². The van der Waals surface area contributed by atoms with Gasteiger partial charge in [-0.2, -0.15) is 0 Å². The van der Waals surface area contributed by atoms with Gasteiger partial charge in [-0.15, -0.1) is 10.2 Å². The van der Waals surface area contributed by atoms with E-state index in [1.54, 1.807) is 24.3 Å². The summed E-state index contributed by atoms with van der Waals surface area (Å²) in [6, 6.07) is 13.0. The van der Waals surface area contributed by atoms with E-state index in [4.69, 9.17) is 4.74 Å². The summed E-state index contributed by atoms with van der Waals surface area (Å²) in [7, 11) is -3.48. The molecule has 0 unspecified atom stereocenters. The van der Waals surface area contributed by atoms with Crippen molar-refractivity contribution in [2.75, 3.05) is 12.4 Å². The van der Waals surface area contributed by atoms with Crippen molar-refractivity contribution >= 4 is 21.6 Å². The molecule has 8 heteroatoms. The van der Waals surface area contributed by atoms with Gasteiger partial charge in [0.05, 0.1) is 11.5 Å². The maximum Gasteiger partial charge on any atom is 0.191 e. The van der Waals surface area contributed by atoms with Crippen LogP contribution in [0.1, 0.15) is 29.4 Å². The molecule has 2 aromatic carbocycles. The minimum absolute atomic E-state index is 0.170. The Balaban J connectivity index is 1.63. The molecule has 0 aliphatic carbocycles. The standard InChI is InChI=1S/C22H27N3O3S2/c1-5-25-21(15-30(26,27)20-8-6-16(2)7-9-20)23-24-22(25)29-11-10-28-19-13-17(3)12-18(4)14-19/h6-9,12-14H,5,10-11,15H2,1-4H3. The molecule has 0 aliphatic rings. The molecule has 0 bridgehead atoms. The molecule has 0 N–H and O–H groups in total. The van der Waals surface area contributed by atoms with Crippen LogP contribution in [-0.4, -0.2) is 35.5 Å². The van der Waals surface area contributed by atoms with E-state index in [2.05, 4.69) is 16.3 Å². The second-order valence-corrected chi connectivity index (χ2v) is 10.3. The SMILES string of the molecule is CCn1c(CS(=O)(=O)c2ccc(C)cc2)nnc1SCCOc1cc(C)cc(C)c1. The van der Waals surface area contributed by atoms with Crippen molar-refractivity contribution in [3.63, 3.8) is 0 Å². The minimum atomic E-state index is -3.48. The van der Waals surface area contributed by atoms with Crippen LogP contribution in [-0.2, 0) is 22.1 Å². The molecular weight excluding hydrogens is 418 g/mol. The van der Waals surface area contributed by atoms with Gasteiger partial charge in [0.1, 0.15) is 17.3 Å². The van der Waals surface area contributed by atoms with E-state index in [0.717, 1.165) is 11.3 Å². The summed E-state index contributed by atoms with van der Waals surface area (Å²) in [5.74, 6) is 1.83. The maximum absolute atomic E-state index is 12.8. The summed E-state index contributed by atoms with van der Waals surface area (Å²) >= 11 is 1.51. The lowest BCUT2D eigenvalue weighted by atomic mass is 10.1. The van der Waals surface area contributed by atoms with E-state index in [1.165, 1.54) is 22.9 Å². The van der Waals surface area contributed by atoms with Crippen molar-refractivity contribution in [1.82, 2.24) is 14.8 Å². The molecule has 0 spiro atoms. The van der Waals surface area contributed by atoms with Crippen LogP contribution in [0.3, 0.4) is 0 Å². The number of thioether (sulfide) groups is 1. The van der Waals surface area contributed by atoms with E-state index in [0.29, 0.717) is 34.8 Å². The Kier molecular flexibility index (Phi) is 7.20. The summed E-state index contributed by atoms with van der Waals surface area (Å²) < 4.78 is 33.2. The third-order valence-electron chi connectivity index (χ3n) is 4.59. The van der Waals surface area contributed by atoms with Crippen LogP contribution in [0.15, 0.2) is 52.5 Å². The first-order valence-electron chi connectivity index (χ1n) is 9.84. The molecule has 160 valence electrons. The molecule has 0 saturated heterocycles. The first-order valence-corrected chi connectivity index (χ1v) is 12.5. The molecule has 0 saturated carbocycles. The van der Waals surface area contributed by atoms with E-state index in [9.17, 15) is 8.42 Å². The van der Waals surface area contributed by atoms with Crippen LogP contribution in [0, 0.1) is 20.8 Å². The Morgan fingerprint density at radius 1 is 0.967 bits per heavy atom. The fraction of sp³-hybridized carbons (Fsp3) is 0.364. The highest BCUT2D eigenvalue weighted by molar-refractivity contribution is 7.99. The van der Waals surface area contributed by atoms with Crippen molar-refractivity contribution in [3.05, 3.63) is 65.0 Å². The van der Waals surface area contributed by atoms with Crippen LogP contribution in [0.2, 0.25) is 0 Å². The number of aryl methyl sites for hydroxylation is 3. The predicted molar refractivity (Wildman–Crippen MR) is 120 cm³/mol. The zero-order valence-electron chi connectivity index (χ0n) is 17.8. The van der Waals surface area contributed by atoms with Gasteiger partial charge in [0.15, 0.2) is 15.0 Å². The summed E-state index contributed by atoms with van der Waals surface area (Å²) in [5.41, 5.74) is 3.36. The summed E-state index contributed by atoms with van der Waals surface area (Å²) in [6.45, 7) is 9.11. The Hall–Kier alpha value is -2.32. The molecule has 6 nitrogen and oxygen atoms in total. The first-order chi connectivity index (χ1) is 14.3. The quantitative estimate of drug-likeness (QED) is 0.360. The van der Waals surface area contributed by atoms with Gasteiger partial charge in [0, 0.05) is 12.3 Å². The zero-order chi connectivity index (χ0) is 21.7. The fourth-order valence-corrected chi connectivity index (χ4v) is 5.27. The number of hydrogen-bond donors (Lipinski definition) is 0.